The number of benzene rings is 1. The van der Waals surface area contributed by atoms with Crippen molar-refractivity contribution in [3.05, 3.63) is 28.0 Å². The summed E-state index contributed by atoms with van der Waals surface area (Å²) in [5.74, 6) is 0.0690. The van der Waals surface area contributed by atoms with E-state index in [4.69, 9.17) is 0 Å². The van der Waals surface area contributed by atoms with E-state index in [1.54, 1.807) is 6.07 Å². The van der Waals surface area contributed by atoms with Gasteiger partial charge in [0.2, 0.25) is 0 Å². The molecule has 1 fully saturated rings. The van der Waals surface area contributed by atoms with Gasteiger partial charge in [-0.15, -0.1) is 0 Å². The van der Waals surface area contributed by atoms with Crippen molar-refractivity contribution in [2.75, 3.05) is 25.0 Å². The molecule has 0 saturated carbocycles. The van der Waals surface area contributed by atoms with Crippen LogP contribution in [0.3, 0.4) is 0 Å². The molecule has 0 aromatic heterocycles. The molecule has 2 amide bonds. The van der Waals surface area contributed by atoms with Crippen LogP contribution in [0.15, 0.2) is 16.6 Å². The third-order valence-corrected chi connectivity index (χ3v) is 5.10. The molecular weight excluding hydrogens is 361 g/mol. The second-order valence-corrected chi connectivity index (χ2v) is 7.95. The zero-order chi connectivity index (χ0) is 17.2. The normalized spacial score (nSPS) is 19.0. The molecule has 128 valence electrons. The number of carbonyl (C=O) groups excluding carboxylic acids is 1. The fourth-order valence-corrected chi connectivity index (χ4v) is 3.35. The Morgan fingerprint density at radius 1 is 1.43 bits per heavy atom. The average molecular weight is 386 g/mol. The summed E-state index contributed by atoms with van der Waals surface area (Å²) in [5, 5.41) is 5.63. The van der Waals surface area contributed by atoms with Gasteiger partial charge in [0.1, 0.15) is 5.82 Å². The van der Waals surface area contributed by atoms with Crippen LogP contribution in [0.25, 0.3) is 0 Å². The summed E-state index contributed by atoms with van der Waals surface area (Å²) in [6.45, 7) is 11.1. The van der Waals surface area contributed by atoms with Crippen molar-refractivity contribution in [3.63, 3.8) is 0 Å². The quantitative estimate of drug-likeness (QED) is 0.820. The number of anilines is 1. The molecule has 1 aromatic carbocycles. The molecule has 1 aliphatic rings. The van der Waals surface area contributed by atoms with Gasteiger partial charge in [-0.3, -0.25) is 4.90 Å². The number of carbonyl (C=O) groups is 1. The molecule has 1 heterocycles. The molecule has 6 heteroatoms. The Bertz CT molecular complexity index is 586. The minimum absolute atomic E-state index is 0.167. The highest BCUT2D eigenvalue weighted by molar-refractivity contribution is 9.10. The zero-order valence-electron chi connectivity index (χ0n) is 14.2. The molecule has 4 nitrogen and oxygen atoms in total. The van der Waals surface area contributed by atoms with Gasteiger partial charge in [-0.05, 0) is 74.1 Å². The van der Waals surface area contributed by atoms with Crippen molar-refractivity contribution in [2.24, 2.45) is 5.92 Å². The summed E-state index contributed by atoms with van der Waals surface area (Å²) < 4.78 is 13.9. The summed E-state index contributed by atoms with van der Waals surface area (Å²) in [7, 11) is 0. The summed E-state index contributed by atoms with van der Waals surface area (Å²) in [4.78, 5) is 14.5. The third kappa shape index (κ3) is 4.67. The Hall–Kier alpha value is -1.14. The molecule has 0 spiro atoms. The van der Waals surface area contributed by atoms with E-state index in [0.29, 0.717) is 18.2 Å². The number of halogens is 2. The monoisotopic (exact) mass is 385 g/mol. The lowest BCUT2D eigenvalue weighted by atomic mass is 10.1. The van der Waals surface area contributed by atoms with Crippen LogP contribution in [0.4, 0.5) is 14.9 Å². The maximum Gasteiger partial charge on any atom is 0.319 e. The van der Waals surface area contributed by atoms with Gasteiger partial charge in [0.05, 0.1) is 10.2 Å². The number of hydrogen-bond donors (Lipinski definition) is 2. The highest BCUT2D eigenvalue weighted by atomic mass is 79.9. The summed E-state index contributed by atoms with van der Waals surface area (Å²) in [6, 6.07) is 2.73. The molecule has 0 aliphatic carbocycles. The number of aryl methyl sites for hydroxylation is 1. The third-order valence-electron chi connectivity index (χ3n) is 4.33. The molecule has 1 aromatic rings. The van der Waals surface area contributed by atoms with Gasteiger partial charge in [0.15, 0.2) is 0 Å². The standard InChI is InChI=1S/C17H25BrFN3O/c1-11-5-6-13(19)14(18)15(11)21-16(23)20-9-12-7-8-22(10-12)17(2,3)4/h5-6,12H,7-10H2,1-4H3,(H2,20,21,23). The van der Waals surface area contributed by atoms with Crippen molar-refractivity contribution in [3.8, 4) is 0 Å². The van der Waals surface area contributed by atoms with Gasteiger partial charge < -0.3 is 10.6 Å². The predicted octanol–water partition coefficient (Wildman–Crippen LogP) is 4.14. The van der Waals surface area contributed by atoms with E-state index >= 15 is 0 Å². The maximum absolute atomic E-state index is 13.6. The molecule has 1 unspecified atom stereocenters. The number of nitrogens with zero attached hydrogens (tertiary/aromatic N) is 1. The van der Waals surface area contributed by atoms with E-state index in [0.717, 1.165) is 25.1 Å². The zero-order valence-corrected chi connectivity index (χ0v) is 15.8. The Morgan fingerprint density at radius 3 is 2.74 bits per heavy atom. The number of urea groups is 1. The molecule has 1 saturated heterocycles. The minimum atomic E-state index is -0.387. The largest absolute Gasteiger partial charge is 0.338 e. The van der Waals surface area contributed by atoms with Gasteiger partial charge in [-0.1, -0.05) is 6.07 Å². The van der Waals surface area contributed by atoms with Gasteiger partial charge in [-0.2, -0.15) is 0 Å². The first-order valence-corrected chi connectivity index (χ1v) is 8.72. The molecular formula is C17H25BrFN3O. The Balaban J connectivity index is 1.86. The molecule has 1 atom stereocenters. The van der Waals surface area contributed by atoms with Crippen molar-refractivity contribution in [2.45, 2.75) is 39.7 Å². The van der Waals surface area contributed by atoms with Gasteiger partial charge >= 0.3 is 6.03 Å². The van der Waals surface area contributed by atoms with Gasteiger partial charge in [0, 0.05) is 18.6 Å². The molecule has 0 bridgehead atoms. The molecule has 2 rings (SSSR count). The average Bonchev–Trinajstić information content (AvgIpc) is 2.94. The van der Waals surface area contributed by atoms with Crippen LogP contribution in [0.1, 0.15) is 32.8 Å². The van der Waals surface area contributed by atoms with Crippen LogP contribution in [0.2, 0.25) is 0 Å². The van der Waals surface area contributed by atoms with E-state index in [2.05, 4.69) is 52.2 Å². The number of rotatable bonds is 3. The second kappa shape index (κ2) is 7.18. The summed E-state index contributed by atoms with van der Waals surface area (Å²) in [6.07, 6.45) is 1.08. The second-order valence-electron chi connectivity index (χ2n) is 7.16. The maximum atomic E-state index is 13.6. The number of nitrogens with one attached hydrogen (secondary N) is 2. The predicted molar refractivity (Wildman–Crippen MR) is 95.3 cm³/mol. The molecule has 1 aliphatic heterocycles. The van der Waals surface area contributed by atoms with Gasteiger partial charge in [-0.25, -0.2) is 9.18 Å². The Labute approximate surface area is 145 Å². The van der Waals surface area contributed by atoms with Crippen molar-refractivity contribution in [1.82, 2.24) is 10.2 Å². The summed E-state index contributed by atoms with van der Waals surface area (Å²) in [5.41, 5.74) is 1.46. The van der Waals surface area contributed by atoms with Crippen LogP contribution in [0, 0.1) is 18.7 Å². The van der Waals surface area contributed by atoms with E-state index < -0.39 is 0 Å². The first kappa shape index (κ1) is 18.2. The topological polar surface area (TPSA) is 44.4 Å². The number of amides is 2. The van der Waals surface area contributed by atoms with Crippen LogP contribution in [-0.2, 0) is 0 Å². The van der Waals surface area contributed by atoms with E-state index in [1.165, 1.54) is 6.07 Å². The van der Waals surface area contributed by atoms with Crippen molar-refractivity contribution in [1.29, 1.82) is 0 Å². The number of hydrogen-bond acceptors (Lipinski definition) is 2. The van der Waals surface area contributed by atoms with Crippen LogP contribution in [-0.4, -0.2) is 36.1 Å². The van der Waals surface area contributed by atoms with Crippen LogP contribution in [0.5, 0.6) is 0 Å². The highest BCUT2D eigenvalue weighted by Crippen LogP contribution is 2.29. The van der Waals surface area contributed by atoms with E-state index in [-0.39, 0.29) is 21.9 Å². The lowest BCUT2D eigenvalue weighted by molar-refractivity contribution is 0.168. The van der Waals surface area contributed by atoms with Crippen molar-refractivity contribution < 1.29 is 9.18 Å². The van der Waals surface area contributed by atoms with Crippen LogP contribution >= 0.6 is 15.9 Å². The molecule has 23 heavy (non-hydrogen) atoms. The van der Waals surface area contributed by atoms with E-state index in [1.807, 2.05) is 6.92 Å². The van der Waals surface area contributed by atoms with Gasteiger partial charge in [0.25, 0.3) is 0 Å². The number of likely N-dealkylation sites (tertiary alicyclic amines) is 1. The molecule has 2 N–H and O–H groups in total. The Kier molecular flexibility index (Phi) is 5.68. The van der Waals surface area contributed by atoms with Crippen molar-refractivity contribution >= 4 is 27.6 Å². The smallest absolute Gasteiger partial charge is 0.319 e. The summed E-state index contributed by atoms with van der Waals surface area (Å²) >= 11 is 3.18. The lowest BCUT2D eigenvalue weighted by Crippen LogP contribution is -2.40. The fourth-order valence-electron chi connectivity index (χ4n) is 2.80. The first-order chi connectivity index (χ1) is 10.7. The first-order valence-electron chi connectivity index (χ1n) is 7.93. The minimum Gasteiger partial charge on any atom is -0.338 e. The fraction of sp³-hybridized carbons (Fsp3) is 0.588. The highest BCUT2D eigenvalue weighted by Gasteiger charge is 2.30. The lowest BCUT2D eigenvalue weighted by Gasteiger charge is -2.31. The Morgan fingerprint density at radius 2 is 2.13 bits per heavy atom. The molecule has 0 radical (unpaired) electrons. The van der Waals surface area contributed by atoms with Crippen LogP contribution < -0.4 is 10.6 Å². The van der Waals surface area contributed by atoms with E-state index in [9.17, 15) is 9.18 Å². The SMILES string of the molecule is Cc1ccc(F)c(Br)c1NC(=O)NCC1CCN(C(C)(C)C)C1.